The van der Waals surface area contributed by atoms with Gasteiger partial charge in [0.2, 0.25) is 5.91 Å². The lowest BCUT2D eigenvalue weighted by atomic mass is 9.88. The molecule has 3 rings (SSSR count). The van der Waals surface area contributed by atoms with Crippen molar-refractivity contribution in [3.63, 3.8) is 0 Å². The van der Waals surface area contributed by atoms with Crippen LogP contribution in [0.4, 0.5) is 0 Å². The molecule has 1 aliphatic heterocycles. The van der Waals surface area contributed by atoms with Crippen LogP contribution in [0.15, 0.2) is 30.7 Å². The summed E-state index contributed by atoms with van der Waals surface area (Å²) in [5.41, 5.74) is 0.982. The molecule has 2 N–H and O–H groups in total. The van der Waals surface area contributed by atoms with Gasteiger partial charge in [0, 0.05) is 36.6 Å². The quantitative estimate of drug-likeness (QED) is 0.841. The predicted octanol–water partition coefficient (Wildman–Crippen LogP) is 1.89. The Bertz CT molecular complexity index is 672. The highest BCUT2D eigenvalue weighted by Gasteiger charge is 2.28. The average molecular weight is 372 g/mol. The minimum absolute atomic E-state index is 0. The molecule has 1 unspecified atom stereocenters. The van der Waals surface area contributed by atoms with Crippen LogP contribution in [-0.2, 0) is 11.3 Å². The maximum atomic E-state index is 12.2. The van der Waals surface area contributed by atoms with Crippen molar-refractivity contribution in [1.82, 2.24) is 25.2 Å². The Morgan fingerprint density at radius 3 is 2.71 bits per heavy atom. The van der Waals surface area contributed by atoms with E-state index in [2.05, 4.69) is 20.6 Å². The number of rotatable bonds is 5. The maximum absolute atomic E-state index is 12.2. The summed E-state index contributed by atoms with van der Waals surface area (Å²) in [6.45, 7) is 6.26. The molecule has 1 amide bonds. The number of carbonyl (C=O) groups excluding carboxylic acids is 1. The minimum Gasteiger partial charge on any atom is -0.352 e. The highest BCUT2D eigenvalue weighted by molar-refractivity contribution is 5.85. The van der Waals surface area contributed by atoms with Gasteiger partial charge in [-0.3, -0.25) is 9.36 Å². The number of aryl methyl sites for hydroxylation is 1. The van der Waals surface area contributed by atoms with Crippen molar-refractivity contribution in [1.29, 1.82) is 0 Å². The summed E-state index contributed by atoms with van der Waals surface area (Å²) >= 11 is 0. The van der Waals surface area contributed by atoms with Crippen molar-refractivity contribution in [2.24, 2.45) is 11.8 Å². The maximum Gasteiger partial charge on any atom is 0.223 e. The first-order chi connectivity index (χ1) is 10.7. The molecule has 3 heterocycles. The number of hydrogen-bond donors (Lipinski definition) is 2. The molecule has 6 nitrogen and oxygen atoms in total. The Hall–Kier alpha value is -1.63. The number of halogens is 2. The van der Waals surface area contributed by atoms with Crippen LogP contribution < -0.4 is 10.6 Å². The molecule has 1 aliphatic rings. The minimum atomic E-state index is 0. The lowest BCUT2D eigenvalue weighted by molar-refractivity contribution is -0.126. The SMILES string of the molecule is Cc1nccn1-c1ncccc1CNC(=O)C(C)C1CNC1.Cl.Cl. The van der Waals surface area contributed by atoms with Crippen molar-refractivity contribution in [2.75, 3.05) is 13.1 Å². The number of nitrogens with zero attached hydrogens (tertiary/aromatic N) is 3. The Morgan fingerprint density at radius 1 is 1.38 bits per heavy atom. The number of aromatic nitrogens is 3. The number of hydrogen-bond acceptors (Lipinski definition) is 4. The van der Waals surface area contributed by atoms with Gasteiger partial charge in [0.1, 0.15) is 11.6 Å². The lowest BCUT2D eigenvalue weighted by Gasteiger charge is -2.31. The molecular weight excluding hydrogens is 349 g/mol. The second kappa shape index (κ2) is 9.01. The Kier molecular flexibility index (Phi) is 7.66. The first-order valence-electron chi connectivity index (χ1n) is 7.59. The van der Waals surface area contributed by atoms with Gasteiger partial charge < -0.3 is 10.6 Å². The van der Waals surface area contributed by atoms with Crippen LogP contribution in [0.1, 0.15) is 18.3 Å². The van der Waals surface area contributed by atoms with E-state index in [1.165, 1.54) is 0 Å². The third-order valence-electron chi connectivity index (χ3n) is 4.31. The van der Waals surface area contributed by atoms with E-state index >= 15 is 0 Å². The molecule has 0 radical (unpaired) electrons. The van der Waals surface area contributed by atoms with Gasteiger partial charge >= 0.3 is 0 Å². The number of amides is 1. The van der Waals surface area contributed by atoms with E-state index in [1.54, 1.807) is 12.4 Å². The first-order valence-corrected chi connectivity index (χ1v) is 7.59. The predicted molar refractivity (Wildman–Crippen MR) is 98.0 cm³/mol. The van der Waals surface area contributed by atoms with Crippen LogP contribution in [-0.4, -0.2) is 33.5 Å². The molecule has 1 fully saturated rings. The van der Waals surface area contributed by atoms with Gasteiger partial charge in [-0.1, -0.05) is 13.0 Å². The van der Waals surface area contributed by atoms with E-state index in [4.69, 9.17) is 0 Å². The fourth-order valence-corrected chi connectivity index (χ4v) is 2.61. The van der Waals surface area contributed by atoms with E-state index in [9.17, 15) is 4.79 Å². The Balaban J connectivity index is 0.00000144. The van der Waals surface area contributed by atoms with E-state index in [0.717, 1.165) is 30.3 Å². The van der Waals surface area contributed by atoms with Gasteiger partial charge in [-0.2, -0.15) is 0 Å². The van der Waals surface area contributed by atoms with E-state index in [1.807, 2.05) is 36.7 Å². The standard InChI is InChI=1S/C16H21N5O.2ClH/c1-11(14-8-17-9-14)16(22)20-10-13-4-3-5-19-15(13)21-7-6-18-12(21)2;;/h3-7,11,14,17H,8-10H2,1-2H3,(H,20,22);2*1H. The molecule has 8 heteroatoms. The molecule has 132 valence electrons. The van der Waals surface area contributed by atoms with E-state index < -0.39 is 0 Å². The summed E-state index contributed by atoms with van der Waals surface area (Å²) in [5, 5.41) is 6.23. The fourth-order valence-electron chi connectivity index (χ4n) is 2.61. The Labute approximate surface area is 154 Å². The van der Waals surface area contributed by atoms with Gasteiger partial charge in [0.15, 0.2) is 0 Å². The summed E-state index contributed by atoms with van der Waals surface area (Å²) in [5.74, 6) is 2.28. The van der Waals surface area contributed by atoms with Gasteiger partial charge in [-0.05, 0) is 32.0 Å². The number of pyridine rings is 1. The van der Waals surface area contributed by atoms with Crippen LogP contribution in [0, 0.1) is 18.8 Å². The topological polar surface area (TPSA) is 71.8 Å². The molecule has 2 aromatic heterocycles. The summed E-state index contributed by atoms with van der Waals surface area (Å²) in [6.07, 6.45) is 5.38. The number of imidazole rings is 1. The van der Waals surface area contributed by atoms with Crippen molar-refractivity contribution < 1.29 is 4.79 Å². The highest BCUT2D eigenvalue weighted by atomic mass is 35.5. The molecule has 0 spiro atoms. The van der Waals surface area contributed by atoms with Crippen molar-refractivity contribution in [3.8, 4) is 5.82 Å². The molecule has 0 aliphatic carbocycles. The normalized spacial score (nSPS) is 14.8. The van der Waals surface area contributed by atoms with Gasteiger partial charge in [-0.15, -0.1) is 24.8 Å². The number of nitrogens with one attached hydrogen (secondary N) is 2. The third kappa shape index (κ3) is 4.26. The van der Waals surface area contributed by atoms with Crippen LogP contribution in [0.5, 0.6) is 0 Å². The molecule has 24 heavy (non-hydrogen) atoms. The summed E-state index contributed by atoms with van der Waals surface area (Å²) in [7, 11) is 0. The van der Waals surface area contributed by atoms with Crippen molar-refractivity contribution >= 4 is 30.7 Å². The first kappa shape index (κ1) is 20.4. The summed E-state index contributed by atoms with van der Waals surface area (Å²) in [4.78, 5) is 20.9. The third-order valence-corrected chi connectivity index (χ3v) is 4.31. The molecule has 0 saturated carbocycles. The molecule has 0 aromatic carbocycles. The van der Waals surface area contributed by atoms with E-state index in [0.29, 0.717) is 12.5 Å². The molecule has 1 saturated heterocycles. The molecular formula is C16H23Cl2N5O. The highest BCUT2D eigenvalue weighted by Crippen LogP contribution is 2.17. The zero-order valence-corrected chi connectivity index (χ0v) is 15.4. The molecule has 0 bridgehead atoms. The van der Waals surface area contributed by atoms with Gasteiger partial charge in [-0.25, -0.2) is 9.97 Å². The van der Waals surface area contributed by atoms with Crippen molar-refractivity contribution in [3.05, 3.63) is 42.1 Å². The second-order valence-electron chi connectivity index (χ2n) is 5.76. The van der Waals surface area contributed by atoms with E-state index in [-0.39, 0.29) is 36.6 Å². The molecule has 2 aromatic rings. The van der Waals surface area contributed by atoms with Crippen LogP contribution >= 0.6 is 24.8 Å². The summed E-state index contributed by atoms with van der Waals surface area (Å²) in [6, 6.07) is 3.87. The van der Waals surface area contributed by atoms with Crippen LogP contribution in [0.25, 0.3) is 5.82 Å². The fraction of sp³-hybridized carbons (Fsp3) is 0.438. The van der Waals surface area contributed by atoms with Crippen molar-refractivity contribution in [2.45, 2.75) is 20.4 Å². The van der Waals surface area contributed by atoms with Crippen LogP contribution in [0.3, 0.4) is 0 Å². The monoisotopic (exact) mass is 371 g/mol. The largest absolute Gasteiger partial charge is 0.352 e. The smallest absolute Gasteiger partial charge is 0.223 e. The van der Waals surface area contributed by atoms with Crippen LogP contribution in [0.2, 0.25) is 0 Å². The van der Waals surface area contributed by atoms with Gasteiger partial charge in [0.05, 0.1) is 0 Å². The zero-order chi connectivity index (χ0) is 15.5. The summed E-state index contributed by atoms with van der Waals surface area (Å²) < 4.78 is 1.93. The zero-order valence-electron chi connectivity index (χ0n) is 13.7. The second-order valence-corrected chi connectivity index (χ2v) is 5.76. The lowest BCUT2D eigenvalue weighted by Crippen LogP contribution is -2.49. The molecule has 1 atom stereocenters. The average Bonchev–Trinajstić information content (AvgIpc) is 2.89. The Morgan fingerprint density at radius 2 is 2.12 bits per heavy atom. The number of carbonyl (C=O) groups is 1. The van der Waals surface area contributed by atoms with Gasteiger partial charge in [0.25, 0.3) is 0 Å².